The van der Waals surface area contributed by atoms with E-state index in [0.29, 0.717) is 5.52 Å². The number of ether oxygens (including phenoxy) is 4. The number of aromatic amines is 1. The predicted octanol–water partition coefficient (Wildman–Crippen LogP) is 0.885. The fourth-order valence-corrected chi connectivity index (χ4v) is 4.11. The number of hydrogen-bond donors (Lipinski definition) is 2. The maximum Gasteiger partial charge on any atom is 0.338 e. The van der Waals surface area contributed by atoms with Gasteiger partial charge < -0.3 is 29.7 Å². The van der Waals surface area contributed by atoms with Gasteiger partial charge in [0.1, 0.15) is 36.3 Å². The van der Waals surface area contributed by atoms with E-state index in [9.17, 15) is 19.7 Å². The van der Waals surface area contributed by atoms with Gasteiger partial charge in [-0.3, -0.25) is 14.9 Å². The smallest absolute Gasteiger partial charge is 0.338 e. The molecular weight excluding hydrogens is 452 g/mol. The summed E-state index contributed by atoms with van der Waals surface area (Å²) in [5.41, 5.74) is 5.73. The molecule has 0 bridgehead atoms. The van der Waals surface area contributed by atoms with Crippen LogP contribution in [0.5, 0.6) is 0 Å². The lowest BCUT2D eigenvalue weighted by molar-refractivity contribution is -0.384. The van der Waals surface area contributed by atoms with Crippen LogP contribution in [0.3, 0.4) is 0 Å². The van der Waals surface area contributed by atoms with Crippen LogP contribution in [0.2, 0.25) is 0 Å². The van der Waals surface area contributed by atoms with Gasteiger partial charge in [-0.1, -0.05) is 5.21 Å². The second-order valence-corrected chi connectivity index (χ2v) is 8.35. The molecule has 2 saturated heterocycles. The maximum absolute atomic E-state index is 12.5. The van der Waals surface area contributed by atoms with E-state index in [1.54, 1.807) is 13.8 Å². The number of nitrogens with one attached hydrogen (secondary N) is 1. The summed E-state index contributed by atoms with van der Waals surface area (Å²) in [5.74, 6) is -1.49. The fraction of sp³-hybridized carbons (Fsp3) is 0.400. The Morgan fingerprint density at radius 1 is 1.29 bits per heavy atom. The van der Waals surface area contributed by atoms with Crippen LogP contribution in [-0.2, 0) is 18.9 Å². The molecule has 0 spiro atoms. The van der Waals surface area contributed by atoms with Crippen molar-refractivity contribution in [2.45, 2.75) is 44.2 Å². The van der Waals surface area contributed by atoms with Gasteiger partial charge in [-0.2, -0.15) is 0 Å². The van der Waals surface area contributed by atoms with E-state index in [-0.39, 0.29) is 29.2 Å². The van der Waals surface area contributed by atoms with E-state index < -0.39 is 46.8 Å². The maximum atomic E-state index is 12.5. The van der Waals surface area contributed by atoms with Gasteiger partial charge in [0, 0.05) is 18.2 Å². The number of pyridine rings is 1. The first-order valence-electron chi connectivity index (χ1n) is 10.3. The molecule has 4 atom stereocenters. The van der Waals surface area contributed by atoms with E-state index in [4.69, 9.17) is 24.7 Å². The van der Waals surface area contributed by atoms with Gasteiger partial charge in [0.2, 0.25) is 0 Å². The van der Waals surface area contributed by atoms with Crippen molar-refractivity contribution in [1.82, 2.24) is 20.0 Å². The van der Waals surface area contributed by atoms with Crippen LogP contribution >= 0.6 is 0 Å². The average Bonchev–Trinajstić information content (AvgIpc) is 3.43. The number of non-ortho nitro benzene ring substituents is 1. The van der Waals surface area contributed by atoms with Crippen molar-refractivity contribution >= 4 is 28.5 Å². The summed E-state index contributed by atoms with van der Waals surface area (Å²) < 4.78 is 24.9. The number of aromatic nitrogens is 4. The van der Waals surface area contributed by atoms with Crippen LogP contribution in [-0.4, -0.2) is 61.6 Å². The highest BCUT2D eigenvalue weighted by atomic mass is 16.8. The number of nitro groups is 1. The normalized spacial score (nSPS) is 25.4. The van der Waals surface area contributed by atoms with Crippen LogP contribution in [0.25, 0.3) is 11.0 Å². The van der Waals surface area contributed by atoms with Crippen LogP contribution in [0.4, 0.5) is 11.5 Å². The average molecular weight is 472 g/mol. The van der Waals surface area contributed by atoms with Crippen molar-refractivity contribution in [3.05, 3.63) is 56.4 Å². The zero-order valence-corrected chi connectivity index (χ0v) is 18.0. The van der Waals surface area contributed by atoms with Gasteiger partial charge in [-0.25, -0.2) is 9.48 Å². The third-order valence-electron chi connectivity index (χ3n) is 5.55. The molecule has 34 heavy (non-hydrogen) atoms. The minimum atomic E-state index is -0.940. The first-order valence-corrected chi connectivity index (χ1v) is 10.3. The largest absolute Gasteiger partial charge is 0.459 e. The van der Waals surface area contributed by atoms with Crippen LogP contribution in [0.15, 0.2) is 35.1 Å². The van der Waals surface area contributed by atoms with E-state index >= 15 is 0 Å². The molecule has 2 aliphatic heterocycles. The Bertz CT molecular complexity index is 1330. The number of nitrogens with two attached hydrogens (primary N) is 1. The molecule has 0 saturated carbocycles. The lowest BCUT2D eigenvalue weighted by Gasteiger charge is -2.24. The second-order valence-electron chi connectivity index (χ2n) is 8.35. The Labute approximate surface area is 190 Å². The van der Waals surface area contributed by atoms with Crippen LogP contribution in [0.1, 0.15) is 30.4 Å². The third kappa shape index (κ3) is 3.76. The number of nitrogens with zero attached hydrogens (tertiary/aromatic N) is 4. The van der Waals surface area contributed by atoms with Crippen molar-refractivity contribution in [3.63, 3.8) is 0 Å². The number of carbonyl (C=O) groups is 1. The summed E-state index contributed by atoms with van der Waals surface area (Å²) >= 11 is 0. The number of H-pyrrole nitrogens is 1. The molecule has 3 aromatic rings. The number of anilines is 1. The topological polar surface area (TPSA) is 187 Å². The molecule has 0 aliphatic carbocycles. The second kappa shape index (κ2) is 7.86. The standard InChI is InChI=1S/C20H20N6O8/c1-20(2)33-15-12(8-31-19(28)9-3-5-10(6-4-9)26(29)30)32-18(16(15)34-20)25-11-7-13(21)22-17(27)14(11)23-24-25/h3-7,12,15-16,18H,8H2,1-2H3,(H3,21,22,27)/t12-,15-,16-,18-/m1/s1. The lowest BCUT2D eigenvalue weighted by atomic mass is 10.1. The molecule has 1 aromatic carbocycles. The lowest BCUT2D eigenvalue weighted by Crippen LogP contribution is -2.33. The Balaban J connectivity index is 1.37. The molecule has 5 rings (SSSR count). The first kappa shape index (κ1) is 21.9. The molecular formula is C20H20N6O8. The summed E-state index contributed by atoms with van der Waals surface area (Å²) in [6.45, 7) is 3.30. The summed E-state index contributed by atoms with van der Waals surface area (Å²) in [6, 6.07) is 6.56. The van der Waals surface area contributed by atoms with Gasteiger partial charge >= 0.3 is 5.97 Å². The van der Waals surface area contributed by atoms with Crippen molar-refractivity contribution < 1.29 is 28.7 Å². The molecule has 2 fully saturated rings. The van der Waals surface area contributed by atoms with Gasteiger partial charge in [0.25, 0.3) is 11.2 Å². The fourth-order valence-electron chi connectivity index (χ4n) is 4.11. The molecule has 0 amide bonds. The minimum Gasteiger partial charge on any atom is -0.459 e. The van der Waals surface area contributed by atoms with E-state index in [2.05, 4.69) is 15.3 Å². The number of hydrogen-bond acceptors (Lipinski definition) is 11. The Morgan fingerprint density at radius 3 is 2.71 bits per heavy atom. The molecule has 4 heterocycles. The number of nitrogen functional groups attached to an aromatic ring is 1. The molecule has 0 unspecified atom stereocenters. The quantitative estimate of drug-likeness (QED) is 0.305. The van der Waals surface area contributed by atoms with Crippen molar-refractivity contribution in [2.75, 3.05) is 12.3 Å². The minimum absolute atomic E-state index is 0.0839. The Hall–Kier alpha value is -3.88. The first-order chi connectivity index (χ1) is 16.1. The molecule has 178 valence electrons. The third-order valence-corrected chi connectivity index (χ3v) is 5.55. The molecule has 14 nitrogen and oxygen atoms in total. The van der Waals surface area contributed by atoms with Gasteiger partial charge in [0.15, 0.2) is 17.5 Å². The Morgan fingerprint density at radius 2 is 2.00 bits per heavy atom. The summed E-state index contributed by atoms with van der Waals surface area (Å²) in [6.07, 6.45) is -2.80. The van der Waals surface area contributed by atoms with E-state index in [1.165, 1.54) is 35.0 Å². The van der Waals surface area contributed by atoms with E-state index in [1.807, 2.05) is 0 Å². The van der Waals surface area contributed by atoms with Gasteiger partial charge in [0.05, 0.1) is 10.5 Å². The SMILES string of the molecule is CC1(C)O[C@@H]2[C@H](O1)[C@@H](COC(=O)c1ccc([N+](=O)[O-])cc1)O[C@H]2n1nnc2c(=O)[nH]c(N)cc21. The zero-order valence-electron chi connectivity index (χ0n) is 18.0. The number of esters is 1. The van der Waals surface area contributed by atoms with Gasteiger partial charge in [-0.05, 0) is 26.0 Å². The highest BCUT2D eigenvalue weighted by Gasteiger charge is 2.56. The van der Waals surface area contributed by atoms with E-state index in [0.717, 1.165) is 0 Å². The number of nitro benzene ring substituents is 1. The number of carbonyl (C=O) groups excluding carboxylic acids is 1. The van der Waals surface area contributed by atoms with Crippen LogP contribution in [0, 0.1) is 10.1 Å². The zero-order chi connectivity index (χ0) is 24.2. The highest BCUT2D eigenvalue weighted by Crippen LogP contribution is 2.43. The molecule has 3 N–H and O–H groups in total. The predicted molar refractivity (Wildman–Crippen MR) is 114 cm³/mol. The molecule has 2 aromatic heterocycles. The summed E-state index contributed by atoms with van der Waals surface area (Å²) in [4.78, 5) is 37.3. The number of benzene rings is 1. The van der Waals surface area contributed by atoms with Crippen molar-refractivity contribution in [1.29, 1.82) is 0 Å². The van der Waals surface area contributed by atoms with Gasteiger partial charge in [-0.15, -0.1) is 5.10 Å². The summed E-state index contributed by atoms with van der Waals surface area (Å²) in [5, 5.41) is 18.8. The monoisotopic (exact) mass is 472 g/mol. The number of rotatable bonds is 5. The van der Waals surface area contributed by atoms with Crippen molar-refractivity contribution in [2.24, 2.45) is 0 Å². The number of fused-ring (bicyclic) bond motifs is 2. The van der Waals surface area contributed by atoms with Crippen LogP contribution < -0.4 is 11.3 Å². The highest BCUT2D eigenvalue weighted by molar-refractivity contribution is 5.89. The molecule has 14 heteroatoms. The molecule has 0 radical (unpaired) electrons. The summed E-state index contributed by atoms with van der Waals surface area (Å²) in [7, 11) is 0. The Kier molecular flexibility index (Phi) is 5.07. The van der Waals surface area contributed by atoms with Crippen molar-refractivity contribution in [3.8, 4) is 0 Å². The molecule has 2 aliphatic rings.